The van der Waals surface area contributed by atoms with Gasteiger partial charge in [-0.25, -0.2) is 9.79 Å². The first kappa shape index (κ1) is 28.0. The van der Waals surface area contributed by atoms with Crippen LogP contribution in [-0.4, -0.2) is 40.7 Å². The van der Waals surface area contributed by atoms with Crippen molar-refractivity contribution in [1.82, 2.24) is 4.90 Å². The highest BCUT2D eigenvalue weighted by Crippen LogP contribution is 2.40. The Morgan fingerprint density at radius 2 is 1.87 bits per heavy atom. The first-order valence-corrected chi connectivity index (χ1v) is 13.6. The third kappa shape index (κ3) is 6.35. The maximum Gasteiger partial charge on any atom is 0.335 e. The van der Waals surface area contributed by atoms with Crippen molar-refractivity contribution >= 4 is 79.7 Å². The Balaban J connectivity index is 1.57. The van der Waals surface area contributed by atoms with E-state index in [0.717, 1.165) is 11.1 Å². The lowest BCUT2D eigenvalue weighted by Gasteiger charge is -2.14. The van der Waals surface area contributed by atoms with E-state index in [0.29, 0.717) is 48.3 Å². The van der Waals surface area contributed by atoms with Gasteiger partial charge in [0.2, 0.25) is 0 Å². The van der Waals surface area contributed by atoms with Gasteiger partial charge in [0.15, 0.2) is 16.7 Å². The van der Waals surface area contributed by atoms with Crippen molar-refractivity contribution in [3.63, 3.8) is 0 Å². The monoisotopic (exact) mass is 634 g/mol. The number of thioether (sulfide) groups is 1. The van der Waals surface area contributed by atoms with Gasteiger partial charge in [0, 0.05) is 6.54 Å². The smallest absolute Gasteiger partial charge is 0.335 e. The van der Waals surface area contributed by atoms with Crippen molar-refractivity contribution in [1.29, 1.82) is 0 Å². The fraction of sp³-hybridized carbons (Fsp3) is 0.148. The van der Waals surface area contributed by atoms with E-state index in [1.165, 1.54) is 23.9 Å². The van der Waals surface area contributed by atoms with Crippen LogP contribution in [0.1, 0.15) is 28.4 Å². The number of benzene rings is 3. The number of likely N-dealkylation sites (N-methyl/N-ethyl adjacent to an activating group) is 1. The van der Waals surface area contributed by atoms with Crippen molar-refractivity contribution in [2.45, 2.75) is 13.5 Å². The zero-order valence-corrected chi connectivity index (χ0v) is 24.1. The van der Waals surface area contributed by atoms with Gasteiger partial charge in [-0.1, -0.05) is 29.3 Å². The summed E-state index contributed by atoms with van der Waals surface area (Å²) in [6.45, 7) is 2.55. The minimum Gasteiger partial charge on any atom is -0.493 e. The van der Waals surface area contributed by atoms with E-state index in [9.17, 15) is 9.59 Å². The van der Waals surface area contributed by atoms with Gasteiger partial charge in [-0.3, -0.25) is 9.69 Å². The van der Waals surface area contributed by atoms with Crippen LogP contribution in [-0.2, 0) is 11.4 Å². The summed E-state index contributed by atoms with van der Waals surface area (Å²) in [4.78, 5) is 30.8. The maximum atomic E-state index is 13.1. The molecule has 4 rings (SSSR count). The quantitative estimate of drug-likeness (QED) is 0.256. The standard InChI is InChI=1S/C27H21BrCl2N2O5S/c1-3-32-25(33)23(38-27(32)31-18-7-5-17(6-8-18)26(34)35)13-16-10-19(28)24(22(12-16)36-2)37-14-15-4-9-20(29)21(30)11-15/h4-13H,3,14H2,1-2H3,(H,34,35). The number of amidine groups is 1. The Bertz CT molecular complexity index is 1460. The normalized spacial score (nSPS) is 15.4. The third-order valence-corrected chi connectivity index (χ3v) is 7.79. The number of hydrogen-bond donors (Lipinski definition) is 1. The SMILES string of the molecule is CCN1C(=O)C(=Cc2cc(Br)c(OCc3ccc(Cl)c(Cl)c3)c(OC)c2)SC1=Nc1ccc(C(=O)O)cc1. The topological polar surface area (TPSA) is 88.4 Å². The molecule has 0 unspecified atom stereocenters. The van der Waals surface area contributed by atoms with Crippen LogP contribution in [0.3, 0.4) is 0 Å². The number of carbonyl (C=O) groups excluding carboxylic acids is 1. The second kappa shape index (κ2) is 12.3. The molecule has 1 amide bonds. The molecule has 3 aromatic carbocycles. The molecule has 0 aliphatic carbocycles. The zero-order chi connectivity index (χ0) is 27.4. The van der Waals surface area contributed by atoms with Crippen LogP contribution in [0.25, 0.3) is 6.08 Å². The second-order valence-electron chi connectivity index (χ2n) is 7.98. The fourth-order valence-corrected chi connectivity index (χ4v) is 5.52. The van der Waals surface area contributed by atoms with E-state index in [4.69, 9.17) is 37.8 Å². The van der Waals surface area contributed by atoms with Crippen molar-refractivity contribution < 1.29 is 24.2 Å². The van der Waals surface area contributed by atoms with E-state index >= 15 is 0 Å². The highest BCUT2D eigenvalue weighted by molar-refractivity contribution is 9.10. The molecule has 7 nitrogen and oxygen atoms in total. The summed E-state index contributed by atoms with van der Waals surface area (Å²) in [7, 11) is 1.54. The Kier molecular flexibility index (Phi) is 9.04. The number of aromatic carboxylic acids is 1. The molecule has 0 saturated carbocycles. The largest absolute Gasteiger partial charge is 0.493 e. The van der Waals surface area contributed by atoms with Crippen molar-refractivity contribution in [3.05, 3.63) is 90.7 Å². The van der Waals surface area contributed by atoms with Gasteiger partial charge in [0.1, 0.15) is 6.61 Å². The average Bonchev–Trinajstić information content (AvgIpc) is 3.18. The van der Waals surface area contributed by atoms with Crippen LogP contribution < -0.4 is 9.47 Å². The van der Waals surface area contributed by atoms with E-state index in [2.05, 4.69) is 20.9 Å². The molecule has 1 N–H and O–H groups in total. The molecule has 1 fully saturated rings. The number of amides is 1. The number of carbonyl (C=O) groups is 2. The van der Waals surface area contributed by atoms with Gasteiger partial charge in [-0.05, 0) is 100 Å². The summed E-state index contributed by atoms with van der Waals surface area (Å²) in [6, 6.07) is 15.1. The molecule has 1 aliphatic rings. The Labute approximate surface area is 242 Å². The lowest BCUT2D eigenvalue weighted by Crippen LogP contribution is -2.28. The van der Waals surface area contributed by atoms with Gasteiger partial charge in [0.05, 0.1) is 37.8 Å². The molecule has 196 valence electrons. The summed E-state index contributed by atoms with van der Waals surface area (Å²) < 4.78 is 12.2. The highest BCUT2D eigenvalue weighted by Gasteiger charge is 2.32. The number of halogens is 3. The van der Waals surface area contributed by atoms with E-state index in [-0.39, 0.29) is 18.1 Å². The lowest BCUT2D eigenvalue weighted by atomic mass is 10.1. The number of hydrogen-bond acceptors (Lipinski definition) is 6. The van der Waals surface area contributed by atoms with Crippen LogP contribution in [0, 0.1) is 0 Å². The number of ether oxygens (including phenoxy) is 2. The number of methoxy groups -OCH3 is 1. The number of carboxylic acids is 1. The van der Waals surface area contributed by atoms with Gasteiger partial charge in [-0.15, -0.1) is 0 Å². The van der Waals surface area contributed by atoms with Crippen LogP contribution in [0.4, 0.5) is 5.69 Å². The van der Waals surface area contributed by atoms with Crippen molar-refractivity contribution in [2.75, 3.05) is 13.7 Å². The maximum absolute atomic E-state index is 13.1. The molecule has 1 aliphatic heterocycles. The summed E-state index contributed by atoms with van der Waals surface area (Å²) in [5.74, 6) is -0.189. The average molecular weight is 636 g/mol. The molecule has 11 heteroatoms. The predicted octanol–water partition coefficient (Wildman–Crippen LogP) is 7.67. The minimum absolute atomic E-state index is 0.168. The van der Waals surface area contributed by atoms with Crippen molar-refractivity contribution in [3.8, 4) is 11.5 Å². The fourth-order valence-electron chi connectivity index (χ4n) is 3.56. The van der Waals surface area contributed by atoms with Gasteiger partial charge in [-0.2, -0.15) is 0 Å². The summed E-state index contributed by atoms with van der Waals surface area (Å²) >= 11 is 16.9. The molecule has 1 heterocycles. The highest BCUT2D eigenvalue weighted by atomic mass is 79.9. The number of carboxylic acid groups (broad SMARTS) is 1. The zero-order valence-electron chi connectivity index (χ0n) is 20.2. The molecule has 0 aromatic heterocycles. The molecule has 0 bridgehead atoms. The van der Waals surface area contributed by atoms with Gasteiger partial charge < -0.3 is 14.6 Å². The third-order valence-electron chi connectivity index (χ3n) is 5.46. The minimum atomic E-state index is -1.01. The lowest BCUT2D eigenvalue weighted by molar-refractivity contribution is -0.122. The first-order chi connectivity index (χ1) is 18.2. The van der Waals surface area contributed by atoms with Gasteiger partial charge >= 0.3 is 5.97 Å². The van der Waals surface area contributed by atoms with E-state index in [1.807, 2.05) is 19.1 Å². The van der Waals surface area contributed by atoms with Gasteiger partial charge in [0.25, 0.3) is 5.91 Å². The Morgan fingerprint density at radius 3 is 2.50 bits per heavy atom. The van der Waals surface area contributed by atoms with E-state index < -0.39 is 5.97 Å². The Morgan fingerprint density at radius 1 is 1.13 bits per heavy atom. The molecule has 0 spiro atoms. The summed E-state index contributed by atoms with van der Waals surface area (Å²) in [5, 5.41) is 10.5. The predicted molar refractivity (Wildman–Crippen MR) is 155 cm³/mol. The number of rotatable bonds is 8. The Hall–Kier alpha value is -2.98. The van der Waals surface area contributed by atoms with Crippen LogP contribution in [0.5, 0.6) is 11.5 Å². The molecule has 3 aromatic rings. The second-order valence-corrected chi connectivity index (χ2v) is 10.7. The molecule has 38 heavy (non-hydrogen) atoms. The van der Waals surface area contributed by atoms with Crippen LogP contribution >= 0.6 is 50.9 Å². The summed E-state index contributed by atoms with van der Waals surface area (Å²) in [6.07, 6.45) is 1.77. The molecular weight excluding hydrogens is 615 g/mol. The molecule has 0 radical (unpaired) electrons. The molecule has 1 saturated heterocycles. The number of nitrogens with zero attached hydrogens (tertiary/aromatic N) is 2. The molecular formula is C27H21BrCl2N2O5S. The van der Waals surface area contributed by atoms with Crippen molar-refractivity contribution in [2.24, 2.45) is 4.99 Å². The number of aliphatic imine (C=N–C) groups is 1. The molecule has 0 atom stereocenters. The van der Waals surface area contributed by atoms with E-state index in [1.54, 1.807) is 48.4 Å². The van der Waals surface area contributed by atoms with Crippen LogP contribution in [0.15, 0.2) is 69.0 Å². The summed E-state index contributed by atoms with van der Waals surface area (Å²) in [5.41, 5.74) is 2.30. The first-order valence-electron chi connectivity index (χ1n) is 11.3. The van der Waals surface area contributed by atoms with Crippen LogP contribution in [0.2, 0.25) is 10.0 Å².